The van der Waals surface area contributed by atoms with Crippen molar-refractivity contribution < 1.29 is 4.79 Å². The molecule has 2 aliphatic rings. The summed E-state index contributed by atoms with van der Waals surface area (Å²) in [7, 11) is 0. The molecular formula is C17H25N3O. The predicted molar refractivity (Wildman–Crippen MR) is 85.5 cm³/mol. The first-order chi connectivity index (χ1) is 10.3. The largest absolute Gasteiger partial charge is 0.325 e. The van der Waals surface area contributed by atoms with Gasteiger partial charge in [0.2, 0.25) is 5.91 Å². The molecule has 2 N–H and O–H groups in total. The van der Waals surface area contributed by atoms with Gasteiger partial charge in [-0.05, 0) is 69.4 Å². The molecule has 1 atom stereocenters. The van der Waals surface area contributed by atoms with Crippen molar-refractivity contribution in [1.82, 2.24) is 10.2 Å². The Morgan fingerprint density at radius 2 is 1.95 bits per heavy atom. The molecule has 4 heteroatoms. The van der Waals surface area contributed by atoms with Crippen LogP contribution in [0.25, 0.3) is 0 Å². The molecule has 4 nitrogen and oxygen atoms in total. The van der Waals surface area contributed by atoms with E-state index in [9.17, 15) is 4.79 Å². The molecule has 1 unspecified atom stereocenters. The van der Waals surface area contributed by atoms with Crippen molar-refractivity contribution in [2.75, 3.05) is 31.5 Å². The highest BCUT2D eigenvalue weighted by atomic mass is 16.2. The molecule has 0 bridgehead atoms. The summed E-state index contributed by atoms with van der Waals surface area (Å²) in [5.41, 5.74) is 2.25. The zero-order valence-corrected chi connectivity index (χ0v) is 12.6. The van der Waals surface area contributed by atoms with Crippen molar-refractivity contribution in [2.24, 2.45) is 0 Å². The monoisotopic (exact) mass is 287 g/mol. The average molecular weight is 287 g/mol. The third kappa shape index (κ3) is 4.05. The highest BCUT2D eigenvalue weighted by Crippen LogP contribution is 2.14. The normalized spacial score (nSPS) is 22.6. The Morgan fingerprint density at radius 1 is 1.19 bits per heavy atom. The van der Waals surface area contributed by atoms with Gasteiger partial charge in [0.05, 0.1) is 6.04 Å². The minimum atomic E-state index is -0.0140. The second-order valence-electron chi connectivity index (χ2n) is 6.13. The lowest BCUT2D eigenvalue weighted by atomic mass is 10.1. The van der Waals surface area contributed by atoms with Crippen LogP contribution in [0.1, 0.15) is 31.2 Å². The zero-order chi connectivity index (χ0) is 14.5. The van der Waals surface area contributed by atoms with Crippen molar-refractivity contribution in [1.29, 1.82) is 0 Å². The summed E-state index contributed by atoms with van der Waals surface area (Å²) >= 11 is 0. The number of carbonyl (C=O) groups excluding carboxylic acids is 1. The Morgan fingerprint density at radius 3 is 2.62 bits per heavy atom. The average Bonchev–Trinajstić information content (AvgIpc) is 3.20. The maximum absolute atomic E-state index is 12.0. The van der Waals surface area contributed by atoms with Gasteiger partial charge in [0.1, 0.15) is 0 Å². The van der Waals surface area contributed by atoms with Gasteiger partial charge in [0.15, 0.2) is 0 Å². The maximum atomic E-state index is 12.0. The van der Waals surface area contributed by atoms with E-state index in [0.29, 0.717) is 0 Å². The van der Waals surface area contributed by atoms with Gasteiger partial charge in [-0.3, -0.25) is 4.79 Å². The van der Waals surface area contributed by atoms with Crippen LogP contribution in [0.15, 0.2) is 24.3 Å². The molecule has 114 valence electrons. The van der Waals surface area contributed by atoms with Crippen LogP contribution in [0, 0.1) is 0 Å². The number of hydrogen-bond donors (Lipinski definition) is 2. The lowest BCUT2D eigenvalue weighted by molar-refractivity contribution is -0.117. The van der Waals surface area contributed by atoms with Gasteiger partial charge < -0.3 is 15.5 Å². The van der Waals surface area contributed by atoms with E-state index in [1.807, 2.05) is 12.1 Å². The number of amides is 1. The molecule has 0 radical (unpaired) electrons. The van der Waals surface area contributed by atoms with E-state index in [2.05, 4.69) is 27.7 Å². The molecule has 0 aliphatic carbocycles. The second-order valence-corrected chi connectivity index (χ2v) is 6.13. The Hall–Kier alpha value is -1.39. The van der Waals surface area contributed by atoms with Crippen molar-refractivity contribution in [3.8, 4) is 0 Å². The topological polar surface area (TPSA) is 44.4 Å². The quantitative estimate of drug-likeness (QED) is 0.871. The first-order valence-corrected chi connectivity index (χ1v) is 8.17. The molecule has 1 aromatic carbocycles. The third-order valence-electron chi connectivity index (χ3n) is 4.51. The Bertz CT molecular complexity index is 459. The van der Waals surface area contributed by atoms with Crippen molar-refractivity contribution in [3.63, 3.8) is 0 Å². The highest BCUT2D eigenvalue weighted by molar-refractivity contribution is 5.95. The van der Waals surface area contributed by atoms with Crippen LogP contribution < -0.4 is 10.6 Å². The fourth-order valence-corrected chi connectivity index (χ4v) is 3.19. The number of benzene rings is 1. The number of carbonyl (C=O) groups is 1. The van der Waals surface area contributed by atoms with Gasteiger partial charge in [-0.1, -0.05) is 12.1 Å². The number of nitrogens with zero attached hydrogens (tertiary/aromatic N) is 1. The van der Waals surface area contributed by atoms with Crippen LogP contribution in [-0.4, -0.2) is 43.0 Å². The molecule has 2 aliphatic heterocycles. The van der Waals surface area contributed by atoms with E-state index < -0.39 is 0 Å². The van der Waals surface area contributed by atoms with Crippen molar-refractivity contribution >= 4 is 11.6 Å². The number of anilines is 1. The van der Waals surface area contributed by atoms with Crippen LogP contribution in [0.2, 0.25) is 0 Å². The summed E-state index contributed by atoms with van der Waals surface area (Å²) in [6.07, 6.45) is 5.83. The van der Waals surface area contributed by atoms with Gasteiger partial charge >= 0.3 is 0 Å². The second kappa shape index (κ2) is 7.05. The highest BCUT2D eigenvalue weighted by Gasteiger charge is 2.21. The van der Waals surface area contributed by atoms with E-state index in [1.54, 1.807) is 0 Å². The molecule has 0 spiro atoms. The summed E-state index contributed by atoms with van der Waals surface area (Å²) in [6.45, 7) is 4.61. The molecule has 0 saturated carbocycles. The van der Waals surface area contributed by atoms with Gasteiger partial charge in [-0.25, -0.2) is 0 Å². The van der Waals surface area contributed by atoms with Gasteiger partial charge in [-0.15, -0.1) is 0 Å². The third-order valence-corrected chi connectivity index (χ3v) is 4.51. The molecule has 0 aromatic heterocycles. The molecule has 21 heavy (non-hydrogen) atoms. The fourth-order valence-electron chi connectivity index (χ4n) is 3.19. The first kappa shape index (κ1) is 14.5. The summed E-state index contributed by atoms with van der Waals surface area (Å²) < 4.78 is 0. The minimum absolute atomic E-state index is 0.0140. The van der Waals surface area contributed by atoms with Gasteiger partial charge in [-0.2, -0.15) is 0 Å². The summed E-state index contributed by atoms with van der Waals surface area (Å²) in [5.74, 6) is 0.0947. The lowest BCUT2D eigenvalue weighted by Gasteiger charge is -2.14. The number of rotatable bonds is 5. The fraction of sp³-hybridized carbons (Fsp3) is 0.588. The first-order valence-electron chi connectivity index (χ1n) is 8.17. The van der Waals surface area contributed by atoms with Crippen molar-refractivity contribution in [2.45, 2.75) is 38.1 Å². The van der Waals surface area contributed by atoms with Crippen molar-refractivity contribution in [3.05, 3.63) is 29.8 Å². The molecule has 3 rings (SSSR count). The molecule has 1 amide bonds. The number of likely N-dealkylation sites (tertiary alicyclic amines) is 1. The van der Waals surface area contributed by atoms with E-state index in [1.165, 1.54) is 31.5 Å². The zero-order valence-electron chi connectivity index (χ0n) is 12.6. The van der Waals surface area contributed by atoms with Gasteiger partial charge in [0, 0.05) is 12.2 Å². The summed E-state index contributed by atoms with van der Waals surface area (Å²) in [4.78, 5) is 14.5. The predicted octanol–water partition coefficient (Wildman–Crippen LogP) is 2.02. The Kier molecular flexibility index (Phi) is 4.88. The van der Waals surface area contributed by atoms with E-state index in [-0.39, 0.29) is 11.9 Å². The Balaban J connectivity index is 1.47. The van der Waals surface area contributed by atoms with Crippen LogP contribution in [-0.2, 0) is 11.2 Å². The maximum Gasteiger partial charge on any atom is 0.241 e. The van der Waals surface area contributed by atoms with Crippen LogP contribution in [0.4, 0.5) is 5.69 Å². The Labute approximate surface area is 126 Å². The van der Waals surface area contributed by atoms with Crippen LogP contribution in [0.3, 0.4) is 0 Å². The minimum Gasteiger partial charge on any atom is -0.325 e. The molecule has 2 saturated heterocycles. The lowest BCUT2D eigenvalue weighted by Crippen LogP contribution is -2.35. The van der Waals surface area contributed by atoms with E-state index in [4.69, 9.17) is 0 Å². The van der Waals surface area contributed by atoms with Crippen LogP contribution >= 0.6 is 0 Å². The SMILES string of the molecule is O=C(Nc1ccc(CCN2CCCC2)cc1)C1CCCN1. The molecule has 2 heterocycles. The van der Waals surface area contributed by atoms with Crippen LogP contribution in [0.5, 0.6) is 0 Å². The number of nitrogens with one attached hydrogen (secondary N) is 2. The van der Waals surface area contributed by atoms with Gasteiger partial charge in [0.25, 0.3) is 0 Å². The summed E-state index contributed by atoms with van der Waals surface area (Å²) in [6, 6.07) is 8.29. The molecular weight excluding hydrogens is 262 g/mol. The molecule has 1 aromatic rings. The summed E-state index contributed by atoms with van der Waals surface area (Å²) in [5, 5.41) is 6.22. The van der Waals surface area contributed by atoms with E-state index >= 15 is 0 Å². The molecule has 2 fully saturated rings. The number of hydrogen-bond acceptors (Lipinski definition) is 3. The smallest absolute Gasteiger partial charge is 0.241 e. The van der Waals surface area contributed by atoms with E-state index in [0.717, 1.165) is 38.0 Å². The standard InChI is InChI=1S/C17H25N3O/c21-17(16-4-3-10-18-16)19-15-7-5-14(6-8-15)9-13-20-11-1-2-12-20/h5-8,16,18H,1-4,9-13H2,(H,19,21).